The fourth-order valence-electron chi connectivity index (χ4n) is 4.10. The number of benzene rings is 2. The van der Waals surface area contributed by atoms with Gasteiger partial charge in [0.1, 0.15) is 24.0 Å². The molecule has 2 aromatic carbocycles. The number of fused-ring (bicyclic) bond motifs is 4. The first-order chi connectivity index (χ1) is 15.0. The van der Waals surface area contributed by atoms with Gasteiger partial charge in [-0.1, -0.05) is 11.6 Å². The number of Topliss-reactive ketones (excluding diaryl/α,β-unsaturated/α-hetero) is 1. The van der Waals surface area contributed by atoms with Crippen LogP contribution in [0.1, 0.15) is 32.6 Å². The van der Waals surface area contributed by atoms with Crippen molar-refractivity contribution in [3.8, 4) is 17.2 Å². The Morgan fingerprint density at radius 1 is 1.23 bits per heavy atom. The van der Waals surface area contributed by atoms with Crippen LogP contribution < -0.4 is 14.2 Å². The zero-order valence-corrected chi connectivity index (χ0v) is 18.1. The largest absolute Gasteiger partial charge is 0.478 e. The molecule has 3 aliphatic heterocycles. The summed E-state index contributed by atoms with van der Waals surface area (Å²) < 4.78 is 28.2. The molecule has 0 atom stereocenters. The van der Waals surface area contributed by atoms with Gasteiger partial charge in [0.05, 0.1) is 24.3 Å². The maximum absolute atomic E-state index is 13.2. The first-order valence-corrected chi connectivity index (χ1v) is 10.4. The molecule has 0 saturated heterocycles. The van der Waals surface area contributed by atoms with Crippen molar-refractivity contribution in [2.45, 2.75) is 20.1 Å². The van der Waals surface area contributed by atoms with Crippen LogP contribution in [0.25, 0.3) is 6.08 Å². The summed E-state index contributed by atoms with van der Waals surface area (Å²) in [5, 5.41) is 0.540. The maximum Gasteiger partial charge on any atom is 0.232 e. The van der Waals surface area contributed by atoms with Gasteiger partial charge in [-0.25, -0.2) is 0 Å². The molecule has 0 N–H and O–H groups in total. The van der Waals surface area contributed by atoms with Crippen molar-refractivity contribution in [2.24, 2.45) is 0 Å². The lowest BCUT2D eigenvalue weighted by atomic mass is 9.98. The Morgan fingerprint density at radius 3 is 2.94 bits per heavy atom. The molecule has 0 fully saturated rings. The molecule has 2 aromatic rings. The highest BCUT2D eigenvalue weighted by Gasteiger charge is 2.35. The van der Waals surface area contributed by atoms with Gasteiger partial charge in [-0.3, -0.25) is 9.69 Å². The first-order valence-electron chi connectivity index (χ1n) is 10.0. The van der Waals surface area contributed by atoms with Crippen LogP contribution in [0, 0.1) is 6.92 Å². The monoisotopic (exact) mass is 443 g/mol. The minimum atomic E-state index is -0.162. The Morgan fingerprint density at radius 2 is 2.10 bits per heavy atom. The summed E-state index contributed by atoms with van der Waals surface area (Å²) in [4.78, 5) is 15.4. The van der Waals surface area contributed by atoms with Gasteiger partial charge in [0.2, 0.25) is 5.78 Å². The molecule has 0 bridgehead atoms. The molecule has 0 amide bonds. The molecule has 3 aliphatic rings. The molecule has 0 saturated carbocycles. The standard InChI is InChI=1S/C23H22ClNO6/c1-13-5-18-17(9-25(11-29-18)3-4-27-2)23-20(13)21(26)19(31-23)8-14-6-16(24)7-15-10-28-12-30-22(14)15/h5-8H,3-4,9-12H2,1-2H3/b19-8-. The number of allylic oxidation sites excluding steroid dienone is 1. The second-order valence-electron chi connectivity index (χ2n) is 7.73. The van der Waals surface area contributed by atoms with Crippen LogP contribution in [0.15, 0.2) is 24.0 Å². The van der Waals surface area contributed by atoms with Gasteiger partial charge in [0, 0.05) is 36.3 Å². The molecule has 8 heteroatoms. The predicted octanol–water partition coefficient (Wildman–Crippen LogP) is 3.93. The number of rotatable bonds is 4. The van der Waals surface area contributed by atoms with E-state index in [2.05, 4.69) is 4.90 Å². The van der Waals surface area contributed by atoms with E-state index in [4.69, 9.17) is 35.3 Å². The minimum absolute atomic E-state index is 0.154. The van der Waals surface area contributed by atoms with Crippen LogP contribution in [-0.2, 0) is 22.6 Å². The number of aryl methyl sites for hydroxylation is 1. The number of carbonyl (C=O) groups excluding carboxylic acids is 1. The van der Waals surface area contributed by atoms with Crippen molar-refractivity contribution >= 4 is 23.5 Å². The van der Waals surface area contributed by atoms with Gasteiger partial charge in [0.15, 0.2) is 12.6 Å². The number of ether oxygens (including phenoxy) is 5. The number of hydrogen-bond donors (Lipinski definition) is 0. The van der Waals surface area contributed by atoms with Gasteiger partial charge in [0.25, 0.3) is 0 Å². The second kappa shape index (κ2) is 8.16. The second-order valence-corrected chi connectivity index (χ2v) is 8.16. The lowest BCUT2D eigenvalue weighted by molar-refractivity contribution is -0.0165. The van der Waals surface area contributed by atoms with E-state index < -0.39 is 0 Å². The van der Waals surface area contributed by atoms with Crippen LogP contribution >= 0.6 is 11.6 Å². The highest BCUT2D eigenvalue weighted by Crippen LogP contribution is 2.44. The zero-order valence-electron chi connectivity index (χ0n) is 17.3. The summed E-state index contributed by atoms with van der Waals surface area (Å²) in [7, 11) is 1.67. The molecule has 0 radical (unpaired) electrons. The molecule has 0 unspecified atom stereocenters. The molecule has 0 spiro atoms. The molecular formula is C23H22ClNO6. The molecule has 5 rings (SSSR count). The molecule has 162 valence electrons. The van der Waals surface area contributed by atoms with Gasteiger partial charge >= 0.3 is 0 Å². The number of ketones is 1. The van der Waals surface area contributed by atoms with E-state index in [0.717, 1.165) is 29.0 Å². The Kier molecular flexibility index (Phi) is 5.35. The summed E-state index contributed by atoms with van der Waals surface area (Å²) in [6.45, 7) is 4.87. The van der Waals surface area contributed by atoms with Gasteiger partial charge in [-0.15, -0.1) is 0 Å². The lowest BCUT2D eigenvalue weighted by Crippen LogP contribution is -2.34. The van der Waals surface area contributed by atoms with Crippen molar-refractivity contribution in [1.82, 2.24) is 4.90 Å². The fourth-order valence-corrected chi connectivity index (χ4v) is 4.35. The number of hydrogen-bond acceptors (Lipinski definition) is 7. The van der Waals surface area contributed by atoms with Crippen LogP contribution in [0.3, 0.4) is 0 Å². The van der Waals surface area contributed by atoms with Gasteiger partial charge < -0.3 is 23.7 Å². The third-order valence-corrected chi connectivity index (χ3v) is 5.81. The summed E-state index contributed by atoms with van der Waals surface area (Å²) >= 11 is 6.27. The summed E-state index contributed by atoms with van der Waals surface area (Å²) in [6.07, 6.45) is 1.69. The Hall–Kier alpha value is -2.58. The van der Waals surface area contributed by atoms with E-state index >= 15 is 0 Å². The number of nitrogens with zero attached hydrogens (tertiary/aromatic N) is 1. The Bertz CT molecular complexity index is 1100. The van der Waals surface area contributed by atoms with E-state index in [0.29, 0.717) is 54.1 Å². The molecule has 3 heterocycles. The average Bonchev–Trinajstić information content (AvgIpc) is 3.09. The third-order valence-electron chi connectivity index (χ3n) is 5.59. The number of methoxy groups -OCH3 is 1. The molecule has 0 aromatic heterocycles. The Balaban J connectivity index is 1.52. The molecular weight excluding hydrogens is 422 g/mol. The summed E-state index contributed by atoms with van der Waals surface area (Å²) in [5.41, 5.74) is 3.79. The smallest absolute Gasteiger partial charge is 0.232 e. The van der Waals surface area contributed by atoms with E-state index in [-0.39, 0.29) is 18.3 Å². The van der Waals surface area contributed by atoms with Crippen LogP contribution in [0.4, 0.5) is 0 Å². The quantitative estimate of drug-likeness (QED) is 0.663. The van der Waals surface area contributed by atoms with Crippen LogP contribution in [-0.4, -0.2) is 44.5 Å². The molecule has 0 aliphatic carbocycles. The first kappa shape index (κ1) is 20.3. The fraction of sp³-hybridized carbons (Fsp3) is 0.348. The van der Waals surface area contributed by atoms with Crippen molar-refractivity contribution in [2.75, 3.05) is 33.8 Å². The third kappa shape index (κ3) is 3.68. The highest BCUT2D eigenvalue weighted by atomic mass is 35.5. The van der Waals surface area contributed by atoms with Crippen molar-refractivity contribution in [3.05, 3.63) is 56.8 Å². The van der Waals surface area contributed by atoms with Crippen molar-refractivity contribution < 1.29 is 28.5 Å². The number of carbonyl (C=O) groups is 1. The number of halogens is 1. The Labute approximate surface area is 185 Å². The normalized spacial score (nSPS) is 18.7. The van der Waals surface area contributed by atoms with E-state index in [9.17, 15) is 4.79 Å². The molecule has 31 heavy (non-hydrogen) atoms. The predicted molar refractivity (Wildman–Crippen MR) is 114 cm³/mol. The van der Waals surface area contributed by atoms with Gasteiger partial charge in [-0.2, -0.15) is 0 Å². The lowest BCUT2D eigenvalue weighted by Gasteiger charge is -2.29. The van der Waals surface area contributed by atoms with E-state index in [1.165, 1.54) is 0 Å². The highest BCUT2D eigenvalue weighted by molar-refractivity contribution is 6.31. The van der Waals surface area contributed by atoms with Crippen LogP contribution in [0.5, 0.6) is 17.2 Å². The van der Waals surface area contributed by atoms with E-state index in [1.54, 1.807) is 25.3 Å². The average molecular weight is 444 g/mol. The summed E-state index contributed by atoms with van der Waals surface area (Å²) in [6, 6.07) is 5.47. The van der Waals surface area contributed by atoms with E-state index in [1.807, 2.05) is 13.0 Å². The van der Waals surface area contributed by atoms with Crippen LogP contribution in [0.2, 0.25) is 5.02 Å². The minimum Gasteiger partial charge on any atom is -0.478 e. The summed E-state index contributed by atoms with van der Waals surface area (Å²) in [5.74, 6) is 2.04. The zero-order chi connectivity index (χ0) is 21.5. The van der Waals surface area contributed by atoms with Gasteiger partial charge in [-0.05, 0) is 36.8 Å². The maximum atomic E-state index is 13.2. The topological polar surface area (TPSA) is 66.5 Å². The van der Waals surface area contributed by atoms with Crippen molar-refractivity contribution in [1.29, 1.82) is 0 Å². The molecule has 7 nitrogen and oxygen atoms in total. The SMILES string of the molecule is COCCN1COc2cc(C)c3c(c2C1)O/C(=C\c1cc(Cl)cc2c1OCOC2)C3=O. The van der Waals surface area contributed by atoms with Crippen molar-refractivity contribution in [3.63, 3.8) is 0 Å².